The lowest BCUT2D eigenvalue weighted by Crippen LogP contribution is -2.42. The van der Waals surface area contributed by atoms with Crippen molar-refractivity contribution >= 4 is 33.3 Å². The van der Waals surface area contributed by atoms with Gasteiger partial charge in [0.25, 0.3) is 5.91 Å². The Labute approximate surface area is 167 Å². The fourth-order valence-corrected chi connectivity index (χ4v) is 3.69. The molecule has 0 aliphatic heterocycles. The van der Waals surface area contributed by atoms with E-state index in [4.69, 9.17) is 0 Å². The van der Waals surface area contributed by atoms with E-state index in [1.54, 1.807) is 36.7 Å². The molecule has 0 saturated carbocycles. The maximum absolute atomic E-state index is 11.9. The third kappa shape index (κ3) is 5.28. The number of thiophene rings is 1. The van der Waals surface area contributed by atoms with E-state index in [2.05, 4.69) is 25.9 Å². The molecule has 4 N–H and O–H groups in total. The summed E-state index contributed by atoms with van der Waals surface area (Å²) in [4.78, 5) is 20.9. The number of amides is 1. The number of aliphatic imine (C=N–C) groups is 1. The van der Waals surface area contributed by atoms with Crippen molar-refractivity contribution in [2.45, 2.75) is 6.10 Å². The van der Waals surface area contributed by atoms with E-state index in [0.29, 0.717) is 31.2 Å². The minimum atomic E-state index is -0.624. The first-order valence-electron chi connectivity index (χ1n) is 8.96. The molecule has 0 aliphatic rings. The van der Waals surface area contributed by atoms with Crippen LogP contribution in [0, 0.1) is 0 Å². The van der Waals surface area contributed by atoms with Crippen LogP contribution in [0.15, 0.2) is 59.9 Å². The Balaban J connectivity index is 1.41. The summed E-state index contributed by atoms with van der Waals surface area (Å²) in [6.45, 7) is 1.28. The minimum absolute atomic E-state index is 0.168. The van der Waals surface area contributed by atoms with E-state index in [9.17, 15) is 9.90 Å². The summed E-state index contributed by atoms with van der Waals surface area (Å²) < 4.78 is 1.16. The molecule has 8 heteroatoms. The molecule has 1 aromatic carbocycles. The third-order valence-electron chi connectivity index (χ3n) is 4.09. The van der Waals surface area contributed by atoms with E-state index in [0.717, 1.165) is 15.0 Å². The van der Waals surface area contributed by atoms with Gasteiger partial charge in [0.1, 0.15) is 6.10 Å². The molecule has 0 spiro atoms. The van der Waals surface area contributed by atoms with Crippen molar-refractivity contribution in [3.05, 3.63) is 65.3 Å². The number of nitrogens with one attached hydrogen (secondary N) is 3. The predicted molar refractivity (Wildman–Crippen MR) is 113 cm³/mol. The molecule has 1 amide bonds. The van der Waals surface area contributed by atoms with Gasteiger partial charge in [-0.15, -0.1) is 11.3 Å². The summed E-state index contributed by atoms with van der Waals surface area (Å²) in [6.07, 6.45) is 2.53. The Kier molecular flexibility index (Phi) is 6.94. The van der Waals surface area contributed by atoms with Gasteiger partial charge < -0.3 is 21.1 Å². The van der Waals surface area contributed by atoms with Crippen molar-refractivity contribution < 1.29 is 9.90 Å². The second kappa shape index (κ2) is 9.82. The molecule has 0 fully saturated rings. The molecule has 1 atom stereocenters. The highest BCUT2D eigenvalue weighted by Crippen LogP contribution is 2.29. The Morgan fingerprint density at radius 1 is 1.18 bits per heavy atom. The molecule has 146 valence electrons. The lowest BCUT2D eigenvalue weighted by molar-refractivity contribution is 0.0954. The van der Waals surface area contributed by atoms with E-state index in [-0.39, 0.29) is 5.91 Å². The number of hydrogen-bond acceptors (Lipinski definition) is 5. The van der Waals surface area contributed by atoms with Crippen LogP contribution in [0.3, 0.4) is 0 Å². The average molecular weight is 398 g/mol. The number of guanidine groups is 1. The molecule has 0 aliphatic carbocycles. The van der Waals surface area contributed by atoms with Crippen LogP contribution in [-0.2, 0) is 0 Å². The number of hydrogen-bond donors (Lipinski definition) is 4. The Hall–Kier alpha value is -2.97. The summed E-state index contributed by atoms with van der Waals surface area (Å²) in [7, 11) is 1.66. The number of rotatable bonds is 7. The summed E-state index contributed by atoms with van der Waals surface area (Å²) in [5.41, 5.74) is 0.525. The van der Waals surface area contributed by atoms with Gasteiger partial charge in [0.05, 0.1) is 5.56 Å². The molecular weight excluding hydrogens is 374 g/mol. The number of pyridine rings is 1. The molecule has 0 radical (unpaired) electrons. The number of carbonyl (C=O) groups excluding carboxylic acids is 1. The van der Waals surface area contributed by atoms with Crippen LogP contribution >= 0.6 is 11.3 Å². The number of fused-ring (bicyclic) bond motifs is 1. The van der Waals surface area contributed by atoms with Crippen molar-refractivity contribution in [3.8, 4) is 0 Å². The highest BCUT2D eigenvalue weighted by Gasteiger charge is 2.12. The summed E-state index contributed by atoms with van der Waals surface area (Å²) in [6, 6.07) is 13.5. The van der Waals surface area contributed by atoms with Gasteiger partial charge in [-0.25, -0.2) is 0 Å². The number of benzene rings is 1. The predicted octanol–water partition coefficient (Wildman–Crippen LogP) is 1.92. The molecule has 3 rings (SSSR count). The van der Waals surface area contributed by atoms with Gasteiger partial charge in [-0.3, -0.25) is 14.8 Å². The Bertz CT molecular complexity index is 909. The van der Waals surface area contributed by atoms with Gasteiger partial charge in [0, 0.05) is 48.7 Å². The summed E-state index contributed by atoms with van der Waals surface area (Å²) >= 11 is 1.58. The first-order valence-corrected chi connectivity index (χ1v) is 9.78. The van der Waals surface area contributed by atoms with Gasteiger partial charge in [-0.1, -0.05) is 18.2 Å². The monoisotopic (exact) mass is 397 g/mol. The first-order chi connectivity index (χ1) is 13.7. The lowest BCUT2D eigenvalue weighted by atomic mass is 10.2. The zero-order valence-electron chi connectivity index (χ0n) is 15.6. The average Bonchev–Trinajstić information content (AvgIpc) is 3.18. The number of aromatic nitrogens is 1. The molecule has 2 heterocycles. The van der Waals surface area contributed by atoms with Crippen LogP contribution in [0.5, 0.6) is 0 Å². The molecular formula is C20H23N5O2S. The zero-order chi connectivity index (χ0) is 19.8. The molecule has 1 unspecified atom stereocenters. The van der Waals surface area contributed by atoms with E-state index in [1.165, 1.54) is 6.20 Å². The molecule has 3 aromatic rings. The fourth-order valence-electron chi connectivity index (χ4n) is 2.64. The van der Waals surface area contributed by atoms with Gasteiger partial charge >= 0.3 is 0 Å². The zero-order valence-corrected chi connectivity index (χ0v) is 16.4. The first kappa shape index (κ1) is 19.8. The number of nitrogens with zero attached hydrogens (tertiary/aromatic N) is 2. The van der Waals surface area contributed by atoms with Gasteiger partial charge in [-0.2, -0.15) is 0 Å². The normalized spacial score (nSPS) is 12.6. The molecule has 2 aromatic heterocycles. The lowest BCUT2D eigenvalue weighted by Gasteiger charge is -2.14. The fraction of sp³-hybridized carbons (Fsp3) is 0.250. The second-order valence-electron chi connectivity index (χ2n) is 6.08. The van der Waals surface area contributed by atoms with Crippen molar-refractivity contribution in [2.24, 2.45) is 4.99 Å². The van der Waals surface area contributed by atoms with Gasteiger partial charge in [0.2, 0.25) is 0 Å². The van der Waals surface area contributed by atoms with Gasteiger partial charge in [0.15, 0.2) is 5.96 Å². The number of carbonyl (C=O) groups is 1. The SMILES string of the molecule is CN=C(NCCNC(=O)c1cccnc1)NCC(O)c1cc2ccccc2s1. The summed E-state index contributed by atoms with van der Waals surface area (Å²) in [5.74, 6) is 0.397. The molecule has 0 bridgehead atoms. The Morgan fingerprint density at radius 3 is 2.75 bits per heavy atom. The Morgan fingerprint density at radius 2 is 2.00 bits per heavy atom. The maximum Gasteiger partial charge on any atom is 0.252 e. The van der Waals surface area contributed by atoms with E-state index in [1.807, 2.05) is 30.3 Å². The van der Waals surface area contributed by atoms with Crippen LogP contribution in [0.25, 0.3) is 10.1 Å². The standard InChI is InChI=1S/C20H23N5O2S/c1-21-20(24-10-9-23-19(27)15-6-4-8-22-12-15)25-13-16(26)18-11-14-5-2-3-7-17(14)28-18/h2-8,11-12,16,26H,9-10,13H2,1H3,(H,23,27)(H2,21,24,25). The van der Waals surface area contributed by atoms with Crippen LogP contribution in [0.4, 0.5) is 0 Å². The van der Waals surface area contributed by atoms with Crippen molar-refractivity contribution in [2.75, 3.05) is 26.7 Å². The van der Waals surface area contributed by atoms with Crippen molar-refractivity contribution in [3.63, 3.8) is 0 Å². The molecule has 0 saturated heterocycles. The highest BCUT2D eigenvalue weighted by molar-refractivity contribution is 7.19. The van der Waals surface area contributed by atoms with Gasteiger partial charge in [-0.05, 0) is 29.7 Å². The third-order valence-corrected chi connectivity index (χ3v) is 5.30. The van der Waals surface area contributed by atoms with Crippen LogP contribution in [0.1, 0.15) is 21.3 Å². The van der Waals surface area contributed by atoms with E-state index < -0.39 is 6.10 Å². The van der Waals surface area contributed by atoms with Crippen LogP contribution in [-0.4, -0.2) is 48.6 Å². The highest BCUT2D eigenvalue weighted by atomic mass is 32.1. The molecule has 7 nitrogen and oxygen atoms in total. The minimum Gasteiger partial charge on any atom is -0.386 e. The maximum atomic E-state index is 11.9. The van der Waals surface area contributed by atoms with E-state index >= 15 is 0 Å². The summed E-state index contributed by atoms with van der Waals surface area (Å²) in [5, 5.41) is 20.6. The second-order valence-corrected chi connectivity index (χ2v) is 7.20. The van der Waals surface area contributed by atoms with Crippen molar-refractivity contribution in [1.29, 1.82) is 0 Å². The number of aliphatic hydroxyl groups excluding tert-OH is 1. The van der Waals surface area contributed by atoms with Crippen molar-refractivity contribution in [1.82, 2.24) is 20.9 Å². The quantitative estimate of drug-likeness (QED) is 0.277. The number of aliphatic hydroxyl groups is 1. The topological polar surface area (TPSA) is 98.6 Å². The van der Waals surface area contributed by atoms with Crippen LogP contribution < -0.4 is 16.0 Å². The smallest absolute Gasteiger partial charge is 0.252 e. The molecule has 28 heavy (non-hydrogen) atoms. The largest absolute Gasteiger partial charge is 0.386 e. The van der Waals surface area contributed by atoms with Crippen LogP contribution in [0.2, 0.25) is 0 Å².